The van der Waals surface area contributed by atoms with Crippen molar-refractivity contribution in [3.8, 4) is 117 Å². The fourth-order valence-electron chi connectivity index (χ4n) is 14.3. The lowest BCUT2D eigenvalue weighted by atomic mass is 9.99. The van der Waals surface area contributed by atoms with E-state index < -0.39 is 42.9 Å². The summed E-state index contributed by atoms with van der Waals surface area (Å²) in [6.45, 7) is 19.6. The number of pyridine rings is 6. The molecule has 0 bridgehead atoms. The van der Waals surface area contributed by atoms with Crippen molar-refractivity contribution in [1.29, 1.82) is 0 Å². The highest BCUT2D eigenvalue weighted by molar-refractivity contribution is 5.53. The monoisotopic (exact) mass is 1790 g/mol. The second-order valence-corrected chi connectivity index (χ2v) is 34.2. The minimum atomic E-state index is -1.52. The van der Waals surface area contributed by atoms with E-state index in [1.807, 2.05) is 72.9 Å². The number of ether oxygens (including phenoxy) is 8. The van der Waals surface area contributed by atoms with Gasteiger partial charge in [-0.1, -0.05) is 251 Å². The van der Waals surface area contributed by atoms with Crippen LogP contribution in [0.15, 0.2) is 79.0 Å². The van der Waals surface area contributed by atoms with Gasteiger partial charge in [0.25, 0.3) is 0 Å². The molecule has 1 fully saturated rings. The summed E-state index contributed by atoms with van der Waals surface area (Å²) < 4.78 is 51.4. The van der Waals surface area contributed by atoms with Gasteiger partial charge in [-0.25, -0.2) is 34.6 Å². The number of hydrogen-bond donors (Lipinski definition) is 5. The number of aryl methyl sites for hydroxylation is 1. The number of aliphatic hydroxyl groups excluding tert-OH is 4. The molecule has 0 aliphatic carbocycles. The van der Waals surface area contributed by atoms with Gasteiger partial charge in [-0.15, -0.1) is 5.10 Å². The molecule has 22 nitrogen and oxygen atoms in total. The highest BCUT2D eigenvalue weighted by Gasteiger charge is 2.44. The number of unbranched alkanes of at least 4 members (excludes halogenated alkanes) is 32. The fourth-order valence-corrected chi connectivity index (χ4v) is 14.3. The lowest BCUT2D eigenvalue weighted by Crippen LogP contribution is -2.59. The van der Waals surface area contributed by atoms with Crippen LogP contribution in [0.1, 0.15) is 380 Å². The van der Waals surface area contributed by atoms with Crippen molar-refractivity contribution in [3.05, 3.63) is 153 Å². The summed E-state index contributed by atoms with van der Waals surface area (Å²) in [6.07, 6.45) is 38.2. The van der Waals surface area contributed by atoms with Crippen LogP contribution in [0.25, 0.3) is 0 Å². The number of nitrogens with zero attached hydrogens (tertiary/aromatic N) is 9. The van der Waals surface area contributed by atoms with Gasteiger partial charge in [0.2, 0.25) is 0 Å². The first-order valence-corrected chi connectivity index (χ1v) is 49.1. The maximum Gasteiger partial charge on any atom is 0.186 e. The molecule has 22 heteroatoms. The molecular weight excluding hydrogens is 1640 g/mol. The Bertz CT molecular complexity index is 4980. The van der Waals surface area contributed by atoms with Gasteiger partial charge in [-0.05, 0) is 143 Å². The molecule has 0 unspecified atom stereocenters. The first-order valence-electron chi connectivity index (χ1n) is 49.1. The Morgan fingerprint density at radius 1 is 0.328 bits per heavy atom. The van der Waals surface area contributed by atoms with E-state index in [2.05, 4.69) is 135 Å². The van der Waals surface area contributed by atoms with Crippen LogP contribution in [-0.4, -0.2) is 160 Å². The minimum absolute atomic E-state index is 0.0789. The molecule has 131 heavy (non-hydrogen) atoms. The first-order chi connectivity index (χ1) is 64.0. The van der Waals surface area contributed by atoms with Gasteiger partial charge in [0.15, 0.2) is 6.29 Å². The van der Waals surface area contributed by atoms with E-state index in [1.165, 1.54) is 122 Å². The van der Waals surface area contributed by atoms with Crippen molar-refractivity contribution >= 4 is 0 Å². The smallest absolute Gasteiger partial charge is 0.186 e. The Morgan fingerprint density at radius 2 is 0.595 bits per heavy atom. The van der Waals surface area contributed by atoms with Crippen molar-refractivity contribution in [2.24, 2.45) is 0 Å². The van der Waals surface area contributed by atoms with E-state index in [1.54, 1.807) is 24.6 Å². The Labute approximate surface area is 782 Å². The first kappa shape index (κ1) is 106. The third-order valence-electron chi connectivity index (χ3n) is 21.7. The lowest BCUT2D eigenvalue weighted by molar-refractivity contribution is -0.301. The van der Waals surface area contributed by atoms with E-state index in [0.717, 1.165) is 128 Å². The summed E-state index contributed by atoms with van der Waals surface area (Å²) in [4.78, 5) is 29.7. The summed E-state index contributed by atoms with van der Waals surface area (Å²) in [5.41, 5.74) is 4.86. The molecule has 1 saturated heterocycles. The van der Waals surface area contributed by atoms with E-state index in [-0.39, 0.29) is 6.61 Å². The Balaban J connectivity index is 1.09. The maximum atomic E-state index is 10.5. The van der Waals surface area contributed by atoms with Crippen LogP contribution in [0, 0.1) is 82.9 Å². The van der Waals surface area contributed by atoms with Gasteiger partial charge in [0.05, 0.1) is 65.1 Å². The highest BCUT2D eigenvalue weighted by Crippen LogP contribution is 2.26. The van der Waals surface area contributed by atoms with Gasteiger partial charge >= 0.3 is 0 Å². The van der Waals surface area contributed by atoms with Crippen molar-refractivity contribution < 1.29 is 63.4 Å². The van der Waals surface area contributed by atoms with Crippen LogP contribution in [0.4, 0.5) is 0 Å². The fraction of sp³-hybridized carbons (Fsp3) is 0.578. The second-order valence-electron chi connectivity index (χ2n) is 34.2. The van der Waals surface area contributed by atoms with Crippen LogP contribution in [0.3, 0.4) is 0 Å². The predicted octanol–water partition coefficient (Wildman–Crippen LogP) is 19.8. The number of rotatable bonds is 57. The molecule has 0 amide bonds. The number of aliphatic hydroxyl groups is 5. The standard InChI is InChI=1S/C109H145N9O13/c1-9-15-21-27-35-43-64-124-98-71-85(49-41-33-34-42-50-97-83-118(117-116-97)63-70-130-108-107(122)106(121)105(120)104(84-119)131-108)110-86(72-98)51-52-87-73-99(125-65-44-36-28-22-16-10-2)74-88(111-87)53-54-89-75-100(126-66-45-37-29-23-17-11-3)76-90(112-89)55-56-91-77-101(127-67-46-38-30-24-18-12-4)78-92(113-91)57-58-93-79-102(128-68-47-39-31-25-19-13-5)80-94(114-93)59-60-95-81-103(129-69-48-40-32-26-20-14-6)82-96(115-95)61-62-109(7,8)123/h71-83,104-108,119-123H,9-40,42-48,50,63-70,84H2,1-8H3/t104-,105-,106+,107-,108-/m1/s1. The van der Waals surface area contributed by atoms with Crippen molar-refractivity contribution in [2.75, 3.05) is 52.9 Å². The molecule has 0 radical (unpaired) electrons. The van der Waals surface area contributed by atoms with E-state index in [9.17, 15) is 25.5 Å². The summed E-state index contributed by atoms with van der Waals surface area (Å²) >= 11 is 0. The molecule has 8 heterocycles. The lowest BCUT2D eigenvalue weighted by Gasteiger charge is -2.39. The molecule has 7 aromatic heterocycles. The molecule has 8 rings (SSSR count). The molecular formula is C109H145N9O13. The normalized spacial score (nSPS) is 14.4. The van der Waals surface area contributed by atoms with Gasteiger partial charge < -0.3 is 63.4 Å². The van der Waals surface area contributed by atoms with Crippen LogP contribution in [-0.2, 0) is 22.4 Å². The third kappa shape index (κ3) is 44.5. The number of aromatic nitrogens is 9. The van der Waals surface area contributed by atoms with Crippen LogP contribution in [0.5, 0.6) is 34.5 Å². The molecule has 0 saturated carbocycles. The molecule has 1 aliphatic heterocycles. The average molecular weight is 1790 g/mol. The Hall–Kier alpha value is -10.5. The molecule has 1 aliphatic rings. The second kappa shape index (κ2) is 63.5. The van der Waals surface area contributed by atoms with Crippen molar-refractivity contribution in [2.45, 2.75) is 355 Å². The summed E-state index contributed by atoms with van der Waals surface area (Å²) in [7, 11) is 0. The largest absolute Gasteiger partial charge is 0.493 e. The summed E-state index contributed by atoms with van der Waals surface area (Å²) in [5.74, 6) is 49.1. The summed E-state index contributed by atoms with van der Waals surface area (Å²) in [6, 6.07) is 22.1. The molecule has 704 valence electrons. The van der Waals surface area contributed by atoms with Crippen LogP contribution < -0.4 is 28.4 Å². The molecule has 0 aromatic carbocycles. The van der Waals surface area contributed by atoms with Crippen LogP contribution >= 0.6 is 0 Å². The Morgan fingerprint density at radius 3 is 0.870 bits per heavy atom. The zero-order valence-corrected chi connectivity index (χ0v) is 79.6. The zero-order chi connectivity index (χ0) is 93.0. The topological polar surface area (TPSA) is 283 Å². The molecule has 5 atom stereocenters. The maximum absolute atomic E-state index is 10.5. The van der Waals surface area contributed by atoms with Crippen molar-refractivity contribution in [1.82, 2.24) is 44.9 Å². The Kier molecular flexibility index (Phi) is 51.3. The molecule has 7 aromatic rings. The molecule has 0 spiro atoms. The SMILES string of the molecule is CCCCCCCCOc1cc(C#CCCCCc2cn(CCO[C@@H]3O[C@H](CO)[C@@H](O)[C@H](O)[C@H]3O)nn2)nc(C#Cc2cc(OCCCCCCCC)cc(C#Cc3cc(OCCCCCCCC)cc(C#Cc4cc(OCCCCCCCC)cc(C#Cc5cc(OCCCCCCCC)cc(C#Cc6cc(OCCCCCCCC)cc(C#CC(C)(C)O)n6)n5)n4)n3)n2)c1. The van der Waals surface area contributed by atoms with E-state index in [0.29, 0.717) is 162 Å². The van der Waals surface area contributed by atoms with E-state index in [4.69, 9.17) is 67.8 Å². The van der Waals surface area contributed by atoms with Crippen molar-refractivity contribution in [3.63, 3.8) is 0 Å². The van der Waals surface area contributed by atoms with Gasteiger partial charge in [0, 0.05) is 85.4 Å². The summed E-state index contributed by atoms with van der Waals surface area (Å²) in [5, 5.41) is 59.3. The molecule has 5 N–H and O–H groups in total. The third-order valence-corrected chi connectivity index (χ3v) is 21.7. The highest BCUT2D eigenvalue weighted by atomic mass is 16.7. The van der Waals surface area contributed by atoms with E-state index >= 15 is 0 Å². The minimum Gasteiger partial charge on any atom is -0.493 e. The quantitative estimate of drug-likeness (QED) is 0.0175. The zero-order valence-electron chi connectivity index (χ0n) is 79.6. The average Bonchev–Trinajstić information content (AvgIpc) is 1.16. The van der Waals surface area contributed by atoms with Gasteiger partial charge in [0.1, 0.15) is 133 Å². The number of hydrogen-bond acceptors (Lipinski definition) is 21. The van der Waals surface area contributed by atoms with Gasteiger partial charge in [-0.3, -0.25) is 0 Å². The van der Waals surface area contributed by atoms with Crippen LogP contribution in [0.2, 0.25) is 0 Å². The van der Waals surface area contributed by atoms with Gasteiger partial charge in [-0.2, -0.15) is 0 Å². The predicted molar refractivity (Wildman–Crippen MR) is 516 cm³/mol.